The lowest BCUT2D eigenvalue weighted by Gasteiger charge is -2.37. The minimum absolute atomic E-state index is 0.632. The van der Waals surface area contributed by atoms with Gasteiger partial charge >= 0.3 is 8.72 Å². The van der Waals surface area contributed by atoms with Crippen LogP contribution < -0.4 is 4.98 Å². The van der Waals surface area contributed by atoms with E-state index in [0.717, 1.165) is 13.0 Å². The average molecular weight is 231 g/mol. The Bertz CT molecular complexity index is 168. The molecule has 0 unspecified atom stereocenters. The molecule has 1 fully saturated rings. The maximum Gasteiger partial charge on any atom is 0.427 e. The van der Waals surface area contributed by atoms with Gasteiger partial charge in [-0.3, -0.25) is 4.98 Å². The Balaban J connectivity index is 2.59. The summed E-state index contributed by atoms with van der Waals surface area (Å²) in [6, 6.07) is 0. The van der Waals surface area contributed by atoms with E-state index in [1.165, 1.54) is 32.1 Å². The maximum absolute atomic E-state index is 5.73. The molecule has 1 N–H and O–H groups in total. The normalized spacial score (nSPS) is 19.4. The first-order valence-corrected chi connectivity index (χ1v) is 8.03. The van der Waals surface area contributed by atoms with Gasteiger partial charge in [0, 0.05) is 19.8 Å². The van der Waals surface area contributed by atoms with E-state index in [2.05, 4.69) is 11.9 Å². The van der Waals surface area contributed by atoms with Crippen molar-refractivity contribution in [2.75, 3.05) is 20.8 Å². The lowest BCUT2D eigenvalue weighted by atomic mass is 10.0. The molecule has 1 aliphatic carbocycles. The van der Waals surface area contributed by atoms with Crippen LogP contribution in [0.3, 0.4) is 0 Å². The summed E-state index contributed by atoms with van der Waals surface area (Å²) in [5.74, 6) is 0. The van der Waals surface area contributed by atoms with Gasteiger partial charge in [-0.1, -0.05) is 26.2 Å². The summed E-state index contributed by atoms with van der Waals surface area (Å²) < 4.78 is 11.5. The van der Waals surface area contributed by atoms with Crippen molar-refractivity contribution in [2.24, 2.45) is 0 Å². The van der Waals surface area contributed by atoms with Crippen LogP contribution in [0.4, 0.5) is 0 Å². The minimum Gasteiger partial charge on any atom is -0.386 e. The summed E-state index contributed by atoms with van der Waals surface area (Å²) in [6.45, 7) is 3.18. The first-order chi connectivity index (χ1) is 7.29. The molecule has 0 spiro atoms. The smallest absolute Gasteiger partial charge is 0.386 e. The zero-order valence-corrected chi connectivity index (χ0v) is 11.3. The van der Waals surface area contributed by atoms with Crippen LogP contribution in [-0.2, 0) is 8.85 Å². The van der Waals surface area contributed by atoms with Gasteiger partial charge in [0.15, 0.2) is 0 Å². The zero-order chi connectivity index (χ0) is 11.1. The molecule has 0 amide bonds. The molecule has 1 rings (SSSR count). The van der Waals surface area contributed by atoms with E-state index in [9.17, 15) is 0 Å². The fourth-order valence-electron chi connectivity index (χ4n) is 2.49. The van der Waals surface area contributed by atoms with Crippen LogP contribution in [0.15, 0.2) is 0 Å². The largest absolute Gasteiger partial charge is 0.427 e. The van der Waals surface area contributed by atoms with Gasteiger partial charge in [-0.2, -0.15) is 0 Å². The number of hydrogen-bond donors (Lipinski definition) is 1. The molecule has 0 heterocycles. The average Bonchev–Trinajstić information content (AvgIpc) is 2.33. The highest BCUT2D eigenvalue weighted by atomic mass is 28.4. The Morgan fingerprint density at radius 3 is 2.20 bits per heavy atom. The predicted octanol–water partition coefficient (Wildman–Crippen LogP) is 2.55. The first kappa shape index (κ1) is 13.2. The minimum atomic E-state index is -2.11. The summed E-state index contributed by atoms with van der Waals surface area (Å²) in [4.78, 5) is 3.55. The van der Waals surface area contributed by atoms with Gasteiger partial charge in [0.25, 0.3) is 0 Å². The zero-order valence-electron chi connectivity index (χ0n) is 10.3. The van der Waals surface area contributed by atoms with Crippen LogP contribution in [0, 0.1) is 0 Å². The van der Waals surface area contributed by atoms with Gasteiger partial charge in [-0.15, -0.1) is 0 Å². The Morgan fingerprint density at radius 1 is 1.13 bits per heavy atom. The molecule has 0 aromatic heterocycles. The molecule has 3 nitrogen and oxygen atoms in total. The predicted molar refractivity (Wildman–Crippen MR) is 64.9 cm³/mol. The summed E-state index contributed by atoms with van der Waals surface area (Å²) in [7, 11) is 1.48. The molecular weight excluding hydrogens is 206 g/mol. The summed E-state index contributed by atoms with van der Waals surface area (Å²) in [6.07, 6.45) is 7.71. The molecule has 15 heavy (non-hydrogen) atoms. The van der Waals surface area contributed by atoms with Crippen molar-refractivity contribution >= 4 is 8.72 Å². The maximum atomic E-state index is 5.73. The lowest BCUT2D eigenvalue weighted by Crippen LogP contribution is -2.59. The van der Waals surface area contributed by atoms with Crippen molar-refractivity contribution in [1.82, 2.24) is 4.98 Å². The molecule has 0 atom stereocenters. The highest BCUT2D eigenvalue weighted by Crippen LogP contribution is 2.36. The van der Waals surface area contributed by atoms with E-state index in [0.29, 0.717) is 5.54 Å². The van der Waals surface area contributed by atoms with E-state index >= 15 is 0 Å². The van der Waals surface area contributed by atoms with Crippen molar-refractivity contribution in [3.63, 3.8) is 0 Å². The van der Waals surface area contributed by atoms with E-state index in [4.69, 9.17) is 8.85 Å². The Kier molecular flexibility index (Phi) is 5.82. The molecule has 0 radical (unpaired) electrons. The second-order valence-electron chi connectivity index (χ2n) is 4.34. The van der Waals surface area contributed by atoms with Crippen LogP contribution in [0.25, 0.3) is 0 Å². The quantitative estimate of drug-likeness (QED) is 0.713. The fraction of sp³-hybridized carbons (Fsp3) is 1.00. The molecule has 0 saturated heterocycles. The fourth-order valence-corrected chi connectivity index (χ4v) is 5.66. The van der Waals surface area contributed by atoms with Crippen LogP contribution in [0.2, 0.25) is 5.54 Å². The highest BCUT2D eigenvalue weighted by molar-refractivity contribution is 6.66. The summed E-state index contributed by atoms with van der Waals surface area (Å²) >= 11 is 0. The Morgan fingerprint density at radius 2 is 1.73 bits per heavy atom. The highest BCUT2D eigenvalue weighted by Gasteiger charge is 2.45. The van der Waals surface area contributed by atoms with Crippen LogP contribution in [0.5, 0.6) is 0 Å². The second-order valence-corrected chi connectivity index (χ2v) is 7.66. The SMILES string of the molecule is CCCN[Si](OC)(OC)C1CCCCC1. The molecule has 0 bridgehead atoms. The third-order valence-corrected chi connectivity index (χ3v) is 6.98. The monoisotopic (exact) mass is 231 g/mol. The first-order valence-electron chi connectivity index (χ1n) is 6.14. The molecule has 0 aliphatic heterocycles. The Hall–Kier alpha value is 0.0969. The van der Waals surface area contributed by atoms with Gasteiger partial charge in [-0.05, 0) is 25.8 Å². The second kappa shape index (κ2) is 6.63. The molecule has 4 heteroatoms. The summed E-state index contributed by atoms with van der Waals surface area (Å²) in [5.41, 5.74) is 0.632. The lowest BCUT2D eigenvalue weighted by molar-refractivity contribution is 0.203. The van der Waals surface area contributed by atoms with Crippen molar-refractivity contribution in [3.8, 4) is 0 Å². The topological polar surface area (TPSA) is 30.5 Å². The van der Waals surface area contributed by atoms with E-state index in [-0.39, 0.29) is 0 Å². The molecular formula is C11H25NO2Si. The number of nitrogens with one attached hydrogen (secondary N) is 1. The van der Waals surface area contributed by atoms with Crippen molar-refractivity contribution in [3.05, 3.63) is 0 Å². The third-order valence-electron chi connectivity index (χ3n) is 3.37. The van der Waals surface area contributed by atoms with Crippen LogP contribution in [0.1, 0.15) is 45.4 Å². The number of rotatable bonds is 6. The summed E-state index contributed by atoms with van der Waals surface area (Å²) in [5, 5.41) is 0. The van der Waals surface area contributed by atoms with Crippen molar-refractivity contribution in [2.45, 2.75) is 51.0 Å². The number of hydrogen-bond acceptors (Lipinski definition) is 3. The van der Waals surface area contributed by atoms with Gasteiger partial charge < -0.3 is 8.85 Å². The molecule has 0 aromatic carbocycles. The van der Waals surface area contributed by atoms with Gasteiger partial charge in [0.2, 0.25) is 0 Å². The molecule has 90 valence electrons. The van der Waals surface area contributed by atoms with Crippen LogP contribution in [-0.4, -0.2) is 29.5 Å². The molecule has 1 aliphatic rings. The van der Waals surface area contributed by atoms with E-state index in [1.807, 2.05) is 0 Å². The van der Waals surface area contributed by atoms with Gasteiger partial charge in [0.1, 0.15) is 0 Å². The van der Waals surface area contributed by atoms with E-state index < -0.39 is 8.72 Å². The van der Waals surface area contributed by atoms with Gasteiger partial charge in [-0.25, -0.2) is 0 Å². The van der Waals surface area contributed by atoms with Crippen LogP contribution >= 0.6 is 0 Å². The van der Waals surface area contributed by atoms with Crippen molar-refractivity contribution in [1.29, 1.82) is 0 Å². The molecule has 1 saturated carbocycles. The molecule has 0 aromatic rings. The third kappa shape index (κ3) is 3.28. The standard InChI is InChI=1S/C11H25NO2Si/c1-4-10-12-15(13-2,14-3)11-8-6-5-7-9-11/h11-12H,4-10H2,1-3H3. The Labute approximate surface area is 94.9 Å². The van der Waals surface area contributed by atoms with Crippen molar-refractivity contribution < 1.29 is 8.85 Å². The van der Waals surface area contributed by atoms with E-state index in [1.54, 1.807) is 14.2 Å². The van der Waals surface area contributed by atoms with Gasteiger partial charge in [0.05, 0.1) is 0 Å².